The van der Waals surface area contributed by atoms with Crippen molar-refractivity contribution in [1.82, 2.24) is 0 Å². The molecule has 3 nitrogen and oxygen atoms in total. The maximum atomic E-state index is 6.46. The number of hydrogen-bond acceptors (Lipinski definition) is 3. The molecule has 0 bridgehead atoms. The van der Waals surface area contributed by atoms with Crippen LogP contribution >= 0.6 is 11.6 Å². The lowest BCUT2D eigenvalue weighted by Gasteiger charge is -2.17. The summed E-state index contributed by atoms with van der Waals surface area (Å²) < 4.78 is 19.0. The lowest BCUT2D eigenvalue weighted by atomic mass is 10.0. The minimum Gasteiger partial charge on any atom is -0.485 e. The zero-order valence-electron chi connectivity index (χ0n) is 23.0. The molecule has 0 saturated heterocycles. The zero-order chi connectivity index (χ0) is 28.6. The molecule has 0 fully saturated rings. The Balaban J connectivity index is 1.28. The zero-order valence-corrected chi connectivity index (χ0v) is 23.7. The molecule has 6 aromatic carbocycles. The van der Waals surface area contributed by atoms with Crippen LogP contribution < -0.4 is 14.2 Å². The Morgan fingerprint density at radius 2 is 0.905 bits per heavy atom. The lowest BCUT2D eigenvalue weighted by molar-refractivity contribution is 0.255. The molecule has 0 saturated carbocycles. The normalized spacial score (nSPS) is 10.7. The Morgan fingerprint density at radius 3 is 1.48 bits per heavy atom. The van der Waals surface area contributed by atoms with Gasteiger partial charge in [0.15, 0.2) is 11.5 Å². The van der Waals surface area contributed by atoms with Crippen molar-refractivity contribution in [3.63, 3.8) is 0 Å². The second-order valence-electron chi connectivity index (χ2n) is 9.79. The molecule has 0 aromatic heterocycles. The smallest absolute Gasteiger partial charge is 0.165 e. The molecule has 0 unspecified atom stereocenters. The molecule has 206 valence electrons. The number of halogens is 1. The van der Waals surface area contributed by atoms with Crippen molar-refractivity contribution < 1.29 is 14.2 Å². The van der Waals surface area contributed by atoms with Gasteiger partial charge in [0.2, 0.25) is 0 Å². The number of benzene rings is 6. The maximum Gasteiger partial charge on any atom is 0.165 e. The summed E-state index contributed by atoms with van der Waals surface area (Å²) in [6, 6.07) is 50.2. The second-order valence-corrected chi connectivity index (χ2v) is 10.2. The molecule has 0 heterocycles. The number of ether oxygens (including phenoxy) is 3. The van der Waals surface area contributed by atoms with E-state index in [2.05, 4.69) is 48.5 Å². The van der Waals surface area contributed by atoms with Crippen molar-refractivity contribution in [1.29, 1.82) is 0 Å². The monoisotopic (exact) mass is 568 g/mol. The van der Waals surface area contributed by atoms with E-state index in [1.165, 1.54) is 0 Å². The molecule has 0 radical (unpaired) electrons. The lowest BCUT2D eigenvalue weighted by Crippen LogP contribution is -2.03. The minimum absolute atomic E-state index is 0.367. The van der Waals surface area contributed by atoms with Gasteiger partial charge in [-0.25, -0.2) is 0 Å². The summed E-state index contributed by atoms with van der Waals surface area (Å²) in [5.41, 5.74) is 6.73. The third-order valence-electron chi connectivity index (χ3n) is 6.94. The van der Waals surface area contributed by atoms with Gasteiger partial charge in [0, 0.05) is 11.1 Å². The van der Waals surface area contributed by atoms with Gasteiger partial charge in [0.25, 0.3) is 0 Å². The molecule has 6 rings (SSSR count). The van der Waals surface area contributed by atoms with Crippen LogP contribution in [0.3, 0.4) is 0 Å². The van der Waals surface area contributed by atoms with Crippen LogP contribution in [0.1, 0.15) is 11.1 Å². The van der Waals surface area contributed by atoms with Crippen molar-refractivity contribution >= 4 is 11.6 Å². The predicted octanol–water partition coefficient (Wildman–Crippen LogP) is 10.6. The van der Waals surface area contributed by atoms with E-state index in [0.29, 0.717) is 41.2 Å². The quantitative estimate of drug-likeness (QED) is 0.164. The third-order valence-corrected chi connectivity index (χ3v) is 7.19. The van der Waals surface area contributed by atoms with E-state index in [4.69, 9.17) is 25.8 Å². The largest absolute Gasteiger partial charge is 0.485 e. The van der Waals surface area contributed by atoms with Gasteiger partial charge in [-0.2, -0.15) is 0 Å². The first kappa shape index (κ1) is 27.2. The SMILES string of the molecule is Clc1ccc(Oc2ccc(OCc3ccccc3-c3ccccc3)c(OCc3ccccc3-c3ccccc3)c2)cc1. The van der Waals surface area contributed by atoms with Crippen molar-refractivity contribution in [3.8, 4) is 45.3 Å². The van der Waals surface area contributed by atoms with Gasteiger partial charge in [0.1, 0.15) is 24.7 Å². The highest BCUT2D eigenvalue weighted by atomic mass is 35.5. The van der Waals surface area contributed by atoms with Gasteiger partial charge >= 0.3 is 0 Å². The molecule has 42 heavy (non-hydrogen) atoms. The Bertz CT molecular complexity index is 1750. The fourth-order valence-electron chi connectivity index (χ4n) is 4.82. The Kier molecular flexibility index (Phi) is 8.49. The van der Waals surface area contributed by atoms with Crippen molar-refractivity contribution in [2.75, 3.05) is 0 Å². The van der Waals surface area contributed by atoms with E-state index in [9.17, 15) is 0 Å². The van der Waals surface area contributed by atoms with Crippen molar-refractivity contribution in [2.45, 2.75) is 13.2 Å². The van der Waals surface area contributed by atoms with E-state index < -0.39 is 0 Å². The Morgan fingerprint density at radius 1 is 0.429 bits per heavy atom. The molecule has 0 aliphatic rings. The van der Waals surface area contributed by atoms with Crippen LogP contribution in [0.5, 0.6) is 23.0 Å². The van der Waals surface area contributed by atoms with E-state index in [1.807, 2.05) is 91.0 Å². The van der Waals surface area contributed by atoms with Gasteiger partial charge in [0.05, 0.1) is 0 Å². The number of rotatable bonds is 10. The molecule has 0 N–H and O–H groups in total. The molecule has 0 amide bonds. The van der Waals surface area contributed by atoms with Gasteiger partial charge < -0.3 is 14.2 Å². The summed E-state index contributed by atoms with van der Waals surface area (Å²) in [5, 5.41) is 0.656. The second kappa shape index (κ2) is 13.1. The molecular formula is C38H29ClO3. The average molecular weight is 569 g/mol. The minimum atomic E-state index is 0.367. The molecule has 0 spiro atoms. The van der Waals surface area contributed by atoms with Crippen LogP contribution in [0.4, 0.5) is 0 Å². The van der Waals surface area contributed by atoms with Crippen LogP contribution in [0.25, 0.3) is 22.3 Å². The topological polar surface area (TPSA) is 27.7 Å². The summed E-state index contributed by atoms with van der Waals surface area (Å²) in [6.07, 6.45) is 0. The summed E-state index contributed by atoms with van der Waals surface area (Å²) in [5.74, 6) is 2.56. The first-order valence-electron chi connectivity index (χ1n) is 13.8. The van der Waals surface area contributed by atoms with Crippen molar-refractivity contribution in [2.24, 2.45) is 0 Å². The molecule has 0 aliphatic carbocycles. The van der Waals surface area contributed by atoms with Crippen LogP contribution in [-0.2, 0) is 13.2 Å². The third kappa shape index (κ3) is 6.65. The highest BCUT2D eigenvalue weighted by molar-refractivity contribution is 6.30. The van der Waals surface area contributed by atoms with Gasteiger partial charge in [-0.3, -0.25) is 0 Å². The first-order valence-corrected chi connectivity index (χ1v) is 14.2. The van der Waals surface area contributed by atoms with E-state index >= 15 is 0 Å². The summed E-state index contributed by atoms with van der Waals surface area (Å²) in [6.45, 7) is 0.756. The van der Waals surface area contributed by atoms with Gasteiger partial charge in [-0.05, 0) is 69.8 Å². The average Bonchev–Trinajstić information content (AvgIpc) is 3.05. The fourth-order valence-corrected chi connectivity index (χ4v) is 4.95. The van der Waals surface area contributed by atoms with E-state index in [0.717, 1.165) is 33.4 Å². The molecular weight excluding hydrogens is 540 g/mol. The summed E-state index contributed by atoms with van der Waals surface area (Å²) in [7, 11) is 0. The first-order chi connectivity index (χ1) is 20.7. The maximum absolute atomic E-state index is 6.46. The van der Waals surface area contributed by atoms with E-state index in [-0.39, 0.29) is 0 Å². The Labute approximate surface area is 251 Å². The predicted molar refractivity (Wildman–Crippen MR) is 170 cm³/mol. The number of hydrogen-bond donors (Lipinski definition) is 0. The van der Waals surface area contributed by atoms with Crippen LogP contribution in [0.15, 0.2) is 152 Å². The van der Waals surface area contributed by atoms with Crippen LogP contribution in [-0.4, -0.2) is 0 Å². The Hall–Kier alpha value is -4.99. The van der Waals surface area contributed by atoms with Crippen LogP contribution in [0, 0.1) is 0 Å². The molecule has 0 aliphatic heterocycles. The standard InChI is InChI=1S/C38H29ClO3/c39-32-19-21-33(22-20-32)42-34-23-24-37(40-26-30-15-7-9-17-35(30)28-11-3-1-4-12-28)38(25-34)41-27-31-16-8-10-18-36(31)29-13-5-2-6-14-29/h1-25H,26-27H2. The summed E-state index contributed by atoms with van der Waals surface area (Å²) >= 11 is 6.06. The fraction of sp³-hybridized carbons (Fsp3) is 0.0526. The van der Waals surface area contributed by atoms with Gasteiger partial charge in [-0.15, -0.1) is 0 Å². The molecule has 0 atom stereocenters. The highest BCUT2D eigenvalue weighted by Crippen LogP contribution is 2.36. The van der Waals surface area contributed by atoms with Crippen LogP contribution in [0.2, 0.25) is 5.02 Å². The highest BCUT2D eigenvalue weighted by Gasteiger charge is 2.13. The van der Waals surface area contributed by atoms with Crippen molar-refractivity contribution in [3.05, 3.63) is 168 Å². The van der Waals surface area contributed by atoms with E-state index in [1.54, 1.807) is 12.1 Å². The molecule has 6 aromatic rings. The molecule has 4 heteroatoms. The van der Waals surface area contributed by atoms with Gasteiger partial charge in [-0.1, -0.05) is 121 Å². The summed E-state index contributed by atoms with van der Waals surface area (Å²) in [4.78, 5) is 0.